The molecule has 0 bridgehead atoms. The molecule has 1 amide bonds. The molecule has 0 aliphatic carbocycles. The number of carbonyl (C=O) groups is 2. The third-order valence-corrected chi connectivity index (χ3v) is 6.30. The minimum absolute atomic E-state index is 0.0968. The summed E-state index contributed by atoms with van der Waals surface area (Å²) in [7, 11) is 0. The van der Waals surface area contributed by atoms with E-state index in [1.54, 1.807) is 4.90 Å². The number of aromatic hydroxyl groups is 1. The number of amides is 1. The zero-order chi connectivity index (χ0) is 22.7. The third-order valence-electron chi connectivity index (χ3n) is 6.30. The highest BCUT2D eigenvalue weighted by Gasteiger charge is 2.27. The van der Waals surface area contributed by atoms with Crippen LogP contribution in [-0.4, -0.2) is 52.8 Å². The van der Waals surface area contributed by atoms with Gasteiger partial charge in [-0.3, -0.25) is 9.59 Å². The van der Waals surface area contributed by atoms with Crippen LogP contribution in [0.1, 0.15) is 64.4 Å². The normalized spacial score (nSPS) is 16.1. The van der Waals surface area contributed by atoms with Crippen LogP contribution in [-0.2, 0) is 13.1 Å². The van der Waals surface area contributed by atoms with E-state index in [0.29, 0.717) is 19.7 Å². The van der Waals surface area contributed by atoms with Gasteiger partial charge in [-0.2, -0.15) is 0 Å². The Morgan fingerprint density at radius 2 is 1.78 bits per heavy atom. The van der Waals surface area contributed by atoms with Gasteiger partial charge >= 0.3 is 0 Å². The van der Waals surface area contributed by atoms with Gasteiger partial charge in [-0.15, -0.1) is 0 Å². The second-order valence-electron chi connectivity index (χ2n) is 8.71. The maximum Gasteiger partial charge on any atom is 0.256 e. The van der Waals surface area contributed by atoms with Gasteiger partial charge in [0.25, 0.3) is 5.91 Å². The first-order valence-corrected chi connectivity index (χ1v) is 11.3. The number of fused-ring (bicyclic) bond motifs is 1. The fourth-order valence-electron chi connectivity index (χ4n) is 4.51. The first kappa shape index (κ1) is 22.1. The van der Waals surface area contributed by atoms with Crippen molar-refractivity contribution in [3.8, 4) is 11.5 Å². The van der Waals surface area contributed by atoms with Crippen LogP contribution in [0.3, 0.4) is 0 Å². The molecule has 2 aliphatic heterocycles. The van der Waals surface area contributed by atoms with E-state index in [-0.39, 0.29) is 34.3 Å². The van der Waals surface area contributed by atoms with Crippen molar-refractivity contribution in [3.05, 3.63) is 52.6 Å². The molecule has 3 N–H and O–H groups in total. The summed E-state index contributed by atoms with van der Waals surface area (Å²) < 4.78 is 5.96. The molecule has 32 heavy (non-hydrogen) atoms. The van der Waals surface area contributed by atoms with Gasteiger partial charge in [-0.05, 0) is 68.6 Å². The van der Waals surface area contributed by atoms with Gasteiger partial charge in [-0.25, -0.2) is 0 Å². The number of phenols is 1. The van der Waals surface area contributed by atoms with Gasteiger partial charge in [0.15, 0.2) is 5.78 Å². The van der Waals surface area contributed by atoms with Crippen molar-refractivity contribution < 1.29 is 19.4 Å². The lowest BCUT2D eigenvalue weighted by Gasteiger charge is -2.26. The minimum Gasteiger partial charge on any atom is -0.507 e. The highest BCUT2D eigenvalue weighted by molar-refractivity contribution is 6.04. The third kappa shape index (κ3) is 4.88. The Morgan fingerprint density at radius 1 is 1.03 bits per heavy atom. The monoisotopic (exact) mass is 437 g/mol. The topological polar surface area (TPSA) is 96.1 Å². The van der Waals surface area contributed by atoms with E-state index in [4.69, 9.17) is 10.5 Å². The molecule has 4 rings (SSSR count). The van der Waals surface area contributed by atoms with Crippen molar-refractivity contribution >= 4 is 17.4 Å². The van der Waals surface area contributed by atoms with E-state index < -0.39 is 0 Å². The molecule has 0 spiro atoms. The summed E-state index contributed by atoms with van der Waals surface area (Å²) in [6.07, 6.45) is 4.94. The fourth-order valence-corrected chi connectivity index (χ4v) is 4.51. The molecule has 2 aliphatic rings. The smallest absolute Gasteiger partial charge is 0.256 e. The second kappa shape index (κ2) is 9.61. The van der Waals surface area contributed by atoms with E-state index in [2.05, 4.69) is 4.90 Å². The zero-order valence-electron chi connectivity index (χ0n) is 18.6. The molecule has 0 unspecified atom stereocenters. The number of phenolic OH excluding ortho intramolecular Hbond substituents is 1. The predicted octanol–water partition coefficient (Wildman–Crippen LogP) is 3.59. The molecule has 0 radical (unpaired) electrons. The van der Waals surface area contributed by atoms with Crippen LogP contribution in [0.25, 0.3) is 0 Å². The molecule has 0 atom stereocenters. The molecule has 0 aromatic heterocycles. The number of benzene rings is 2. The Kier molecular flexibility index (Phi) is 6.65. The van der Waals surface area contributed by atoms with Crippen molar-refractivity contribution in [2.75, 3.05) is 32.0 Å². The van der Waals surface area contributed by atoms with E-state index in [1.165, 1.54) is 51.4 Å². The molecule has 7 nitrogen and oxygen atoms in total. The molecule has 2 aromatic rings. The quantitative estimate of drug-likeness (QED) is 0.390. The molecular weight excluding hydrogens is 406 g/mol. The average molecular weight is 438 g/mol. The Labute approximate surface area is 188 Å². The molecule has 1 fully saturated rings. The van der Waals surface area contributed by atoms with Gasteiger partial charge in [0.05, 0.1) is 17.7 Å². The molecular formula is C25H31N3O4. The standard InChI is InChI=1S/C25H31N3O4/c1-17(29)21-13-22(23(26)14-24(21)30)25(31)28-15-18-6-7-20(12-19(18)16-28)32-11-5-10-27-8-3-2-4-9-27/h6-7,12-14,30H,2-5,8-11,15-16,26H2,1H3. The second-order valence-corrected chi connectivity index (χ2v) is 8.71. The Balaban J connectivity index is 1.36. The summed E-state index contributed by atoms with van der Waals surface area (Å²) in [5.74, 6) is 0.0339. The van der Waals surface area contributed by atoms with Crippen molar-refractivity contribution in [1.82, 2.24) is 9.80 Å². The lowest BCUT2D eigenvalue weighted by Crippen LogP contribution is -2.31. The van der Waals surface area contributed by atoms with Crippen molar-refractivity contribution in [2.45, 2.75) is 45.7 Å². The maximum absolute atomic E-state index is 13.1. The molecule has 2 aromatic carbocycles. The number of nitrogens with zero attached hydrogens (tertiary/aromatic N) is 2. The van der Waals surface area contributed by atoms with Crippen molar-refractivity contribution in [1.29, 1.82) is 0 Å². The molecule has 7 heteroatoms. The van der Waals surface area contributed by atoms with Crippen LogP contribution in [0.5, 0.6) is 11.5 Å². The first-order valence-electron chi connectivity index (χ1n) is 11.3. The summed E-state index contributed by atoms with van der Waals surface area (Å²) in [4.78, 5) is 29.0. The number of hydrogen-bond donors (Lipinski definition) is 2. The van der Waals surface area contributed by atoms with Gasteiger partial charge in [-0.1, -0.05) is 12.5 Å². The number of nitrogens with two attached hydrogens (primary N) is 1. The highest BCUT2D eigenvalue weighted by atomic mass is 16.5. The van der Waals surface area contributed by atoms with Gasteiger partial charge < -0.3 is 25.4 Å². The number of rotatable bonds is 7. The number of likely N-dealkylation sites (tertiary alicyclic amines) is 1. The Bertz CT molecular complexity index is 1010. The number of anilines is 1. The zero-order valence-corrected chi connectivity index (χ0v) is 18.6. The van der Waals surface area contributed by atoms with Crippen molar-refractivity contribution in [3.63, 3.8) is 0 Å². The first-order chi connectivity index (χ1) is 15.4. The number of ketones is 1. The number of piperidine rings is 1. The molecule has 0 saturated carbocycles. The Morgan fingerprint density at radius 3 is 2.53 bits per heavy atom. The van der Waals surface area contributed by atoms with Crippen molar-refractivity contribution in [2.24, 2.45) is 0 Å². The van der Waals surface area contributed by atoms with E-state index in [9.17, 15) is 14.7 Å². The van der Waals surface area contributed by atoms with Crippen LogP contribution in [0.15, 0.2) is 30.3 Å². The SMILES string of the molecule is CC(=O)c1cc(C(=O)N2Cc3ccc(OCCCN4CCCCC4)cc3C2)c(N)cc1O. The minimum atomic E-state index is -0.316. The van der Waals surface area contributed by atoms with Crippen LogP contribution < -0.4 is 10.5 Å². The number of nitrogen functional groups attached to an aromatic ring is 1. The van der Waals surface area contributed by atoms with Crippen LogP contribution >= 0.6 is 0 Å². The molecule has 2 heterocycles. The van der Waals surface area contributed by atoms with E-state index in [0.717, 1.165) is 29.8 Å². The summed E-state index contributed by atoms with van der Waals surface area (Å²) in [6, 6.07) is 8.61. The molecule has 170 valence electrons. The maximum atomic E-state index is 13.1. The van der Waals surface area contributed by atoms with Gasteiger partial charge in [0.1, 0.15) is 11.5 Å². The lowest BCUT2D eigenvalue weighted by atomic mass is 10.0. The number of Topliss-reactive ketones (excluding diaryl/α,β-unsaturated/α-hetero) is 1. The van der Waals surface area contributed by atoms with Gasteiger partial charge in [0, 0.05) is 31.4 Å². The number of hydrogen-bond acceptors (Lipinski definition) is 6. The largest absolute Gasteiger partial charge is 0.507 e. The lowest BCUT2D eigenvalue weighted by molar-refractivity contribution is 0.0752. The van der Waals surface area contributed by atoms with Gasteiger partial charge in [0.2, 0.25) is 0 Å². The molecule has 1 saturated heterocycles. The highest BCUT2D eigenvalue weighted by Crippen LogP contribution is 2.31. The number of carbonyl (C=O) groups excluding carboxylic acids is 2. The fraction of sp³-hybridized carbons (Fsp3) is 0.440. The number of ether oxygens (including phenoxy) is 1. The Hall–Kier alpha value is -3.06. The van der Waals surface area contributed by atoms with Crippen LogP contribution in [0, 0.1) is 0 Å². The predicted molar refractivity (Wildman–Crippen MR) is 123 cm³/mol. The summed E-state index contributed by atoms with van der Waals surface area (Å²) in [5, 5.41) is 9.93. The summed E-state index contributed by atoms with van der Waals surface area (Å²) >= 11 is 0. The van der Waals surface area contributed by atoms with E-state index >= 15 is 0 Å². The van der Waals surface area contributed by atoms with E-state index in [1.807, 2.05) is 18.2 Å². The summed E-state index contributed by atoms with van der Waals surface area (Å²) in [5.41, 5.74) is 8.58. The van der Waals surface area contributed by atoms with Crippen LogP contribution in [0.4, 0.5) is 5.69 Å². The average Bonchev–Trinajstić information content (AvgIpc) is 3.20. The summed E-state index contributed by atoms with van der Waals surface area (Å²) in [6.45, 7) is 6.41. The van der Waals surface area contributed by atoms with Crippen LogP contribution in [0.2, 0.25) is 0 Å².